The number of benzene rings is 1. The molecule has 1 aromatic rings. The number of nitrogens with zero attached hydrogens (tertiary/aromatic N) is 2. The number of esters is 1. The van der Waals surface area contributed by atoms with Crippen LogP contribution < -0.4 is 0 Å². The van der Waals surface area contributed by atoms with Crippen molar-refractivity contribution >= 4 is 17.6 Å². The van der Waals surface area contributed by atoms with Crippen LogP contribution in [0.15, 0.2) is 24.3 Å². The van der Waals surface area contributed by atoms with E-state index in [2.05, 4.69) is 13.8 Å². The number of rotatable bonds is 7. The molecule has 1 aliphatic heterocycles. The third-order valence-electron chi connectivity index (χ3n) is 4.61. The number of carbonyl (C=O) groups is 2. The van der Waals surface area contributed by atoms with Gasteiger partial charge in [-0.25, -0.2) is 0 Å². The fraction of sp³-hybridized carbons (Fsp3) is 0.579. The van der Waals surface area contributed by atoms with Crippen molar-refractivity contribution in [3.8, 4) is 0 Å². The topological polar surface area (TPSA) is 89.8 Å². The summed E-state index contributed by atoms with van der Waals surface area (Å²) in [6, 6.07) is 5.59. The van der Waals surface area contributed by atoms with Crippen LogP contribution in [0.2, 0.25) is 0 Å². The highest BCUT2D eigenvalue weighted by Gasteiger charge is 2.28. The van der Waals surface area contributed by atoms with Crippen molar-refractivity contribution in [2.45, 2.75) is 39.5 Å². The molecule has 1 saturated heterocycles. The van der Waals surface area contributed by atoms with E-state index in [1.54, 1.807) is 4.90 Å². The lowest BCUT2D eigenvalue weighted by Crippen LogP contribution is -2.40. The minimum absolute atomic E-state index is 0.0412. The number of amides is 1. The van der Waals surface area contributed by atoms with Gasteiger partial charge in [-0.05, 0) is 43.7 Å². The minimum atomic E-state index is -0.494. The van der Waals surface area contributed by atoms with Crippen molar-refractivity contribution in [2.24, 2.45) is 11.8 Å². The fourth-order valence-corrected chi connectivity index (χ4v) is 3.01. The Morgan fingerprint density at radius 2 is 1.85 bits per heavy atom. The van der Waals surface area contributed by atoms with Gasteiger partial charge < -0.3 is 9.64 Å². The van der Waals surface area contributed by atoms with Crippen LogP contribution in [0.4, 0.5) is 5.69 Å². The van der Waals surface area contributed by atoms with Gasteiger partial charge in [-0.3, -0.25) is 19.7 Å². The van der Waals surface area contributed by atoms with Crippen molar-refractivity contribution in [2.75, 3.05) is 19.7 Å². The average Bonchev–Trinajstić information content (AvgIpc) is 2.64. The van der Waals surface area contributed by atoms with Gasteiger partial charge in [0.1, 0.15) is 0 Å². The maximum absolute atomic E-state index is 12.5. The van der Waals surface area contributed by atoms with Gasteiger partial charge in [0.05, 0.1) is 17.4 Å². The van der Waals surface area contributed by atoms with E-state index in [0.717, 1.165) is 12.8 Å². The molecule has 142 valence electrons. The Morgan fingerprint density at radius 1 is 1.23 bits per heavy atom. The number of carbonyl (C=O) groups excluding carboxylic acids is 2. The highest BCUT2D eigenvalue weighted by Crippen LogP contribution is 2.21. The van der Waals surface area contributed by atoms with Crippen molar-refractivity contribution < 1.29 is 19.2 Å². The summed E-state index contributed by atoms with van der Waals surface area (Å²) < 4.78 is 5.34. The summed E-state index contributed by atoms with van der Waals surface area (Å²) in [5.74, 6) is 0.108. The summed E-state index contributed by atoms with van der Waals surface area (Å²) in [6.07, 6.45) is 3.08. The summed E-state index contributed by atoms with van der Waals surface area (Å²) in [5, 5.41) is 10.7. The number of nitro groups is 1. The Bertz CT molecular complexity index is 634. The van der Waals surface area contributed by atoms with Crippen LogP contribution in [0.1, 0.15) is 49.9 Å². The molecule has 0 aliphatic carbocycles. The van der Waals surface area contributed by atoms with E-state index in [4.69, 9.17) is 4.74 Å². The largest absolute Gasteiger partial charge is 0.465 e. The number of non-ortho nitro benzene ring substituents is 1. The normalized spacial score (nSPS) is 15.1. The zero-order valence-electron chi connectivity index (χ0n) is 15.3. The zero-order chi connectivity index (χ0) is 19.1. The van der Waals surface area contributed by atoms with Crippen LogP contribution in [0, 0.1) is 22.0 Å². The number of likely N-dealkylation sites (tertiary alicyclic amines) is 1. The zero-order valence-corrected chi connectivity index (χ0v) is 15.3. The first-order chi connectivity index (χ1) is 12.4. The summed E-state index contributed by atoms with van der Waals surface area (Å²) >= 11 is 0. The molecule has 0 radical (unpaired) electrons. The van der Waals surface area contributed by atoms with Crippen LogP contribution in [0.25, 0.3) is 0 Å². The molecule has 1 aromatic carbocycles. The second-order valence-corrected chi connectivity index (χ2v) is 7.07. The van der Waals surface area contributed by atoms with Crippen LogP contribution in [0.3, 0.4) is 0 Å². The lowest BCUT2D eigenvalue weighted by atomic mass is 9.96. The third-order valence-corrected chi connectivity index (χ3v) is 4.61. The molecule has 0 unspecified atom stereocenters. The lowest BCUT2D eigenvalue weighted by molar-refractivity contribution is -0.384. The molecule has 1 heterocycles. The first-order valence-corrected chi connectivity index (χ1v) is 9.09. The van der Waals surface area contributed by atoms with Crippen LogP contribution in [-0.2, 0) is 9.53 Å². The SMILES string of the molecule is CC(C)CCCOC(=O)C1CCN(C(=O)c2ccc([N+](=O)[O-])cc2)CC1. The molecule has 0 N–H and O–H groups in total. The molecular weight excluding hydrogens is 336 g/mol. The van der Waals surface area contributed by atoms with E-state index in [-0.39, 0.29) is 23.5 Å². The maximum Gasteiger partial charge on any atom is 0.309 e. The second kappa shape index (κ2) is 9.31. The van der Waals surface area contributed by atoms with Crippen molar-refractivity contribution in [3.05, 3.63) is 39.9 Å². The summed E-state index contributed by atoms with van der Waals surface area (Å²) in [7, 11) is 0. The van der Waals surface area contributed by atoms with E-state index in [0.29, 0.717) is 44.0 Å². The van der Waals surface area contributed by atoms with Crippen LogP contribution in [-0.4, -0.2) is 41.4 Å². The Labute approximate surface area is 153 Å². The molecule has 0 spiro atoms. The summed E-state index contributed by atoms with van der Waals surface area (Å²) in [6.45, 7) is 5.71. The van der Waals surface area contributed by atoms with E-state index in [1.807, 2.05) is 0 Å². The smallest absolute Gasteiger partial charge is 0.309 e. The maximum atomic E-state index is 12.5. The second-order valence-electron chi connectivity index (χ2n) is 7.07. The lowest BCUT2D eigenvalue weighted by Gasteiger charge is -2.31. The Morgan fingerprint density at radius 3 is 2.38 bits per heavy atom. The monoisotopic (exact) mass is 362 g/mol. The van der Waals surface area contributed by atoms with Crippen molar-refractivity contribution in [1.29, 1.82) is 0 Å². The number of nitro benzene ring substituents is 1. The van der Waals surface area contributed by atoms with Crippen molar-refractivity contribution in [1.82, 2.24) is 4.90 Å². The van der Waals surface area contributed by atoms with Gasteiger partial charge in [0.2, 0.25) is 0 Å². The first kappa shape index (κ1) is 19.9. The number of hydrogen-bond donors (Lipinski definition) is 0. The van der Waals surface area contributed by atoms with Crippen molar-refractivity contribution in [3.63, 3.8) is 0 Å². The molecule has 2 rings (SSSR count). The van der Waals surface area contributed by atoms with E-state index >= 15 is 0 Å². The number of hydrogen-bond acceptors (Lipinski definition) is 5. The highest BCUT2D eigenvalue weighted by molar-refractivity contribution is 5.94. The van der Waals surface area contributed by atoms with Gasteiger partial charge in [-0.2, -0.15) is 0 Å². The van der Waals surface area contributed by atoms with E-state index < -0.39 is 4.92 Å². The third kappa shape index (κ3) is 5.54. The standard InChI is InChI=1S/C19H26N2O5/c1-14(2)4-3-13-26-19(23)16-9-11-20(12-10-16)18(22)15-5-7-17(8-6-15)21(24)25/h5-8,14,16H,3-4,9-13H2,1-2H3. The fourth-order valence-electron chi connectivity index (χ4n) is 3.01. The molecule has 0 bridgehead atoms. The van der Waals surface area contributed by atoms with Crippen LogP contribution in [0.5, 0.6) is 0 Å². The molecule has 26 heavy (non-hydrogen) atoms. The van der Waals surface area contributed by atoms with Crippen LogP contribution >= 0.6 is 0 Å². The quantitative estimate of drug-likeness (QED) is 0.321. The van der Waals surface area contributed by atoms with Gasteiger partial charge in [0, 0.05) is 30.8 Å². The molecule has 1 aliphatic rings. The van der Waals surface area contributed by atoms with Gasteiger partial charge >= 0.3 is 5.97 Å². The predicted octanol–water partition coefficient (Wildman–Crippen LogP) is 3.43. The van der Waals surface area contributed by atoms with E-state index in [1.165, 1.54) is 24.3 Å². The molecule has 0 saturated carbocycles. The first-order valence-electron chi connectivity index (χ1n) is 9.09. The Hall–Kier alpha value is -2.44. The summed E-state index contributed by atoms with van der Waals surface area (Å²) in [5.41, 5.74) is 0.380. The Balaban J connectivity index is 1.79. The average molecular weight is 362 g/mol. The molecular formula is C19H26N2O5. The molecule has 1 amide bonds. The van der Waals surface area contributed by atoms with Gasteiger partial charge in [0.15, 0.2) is 0 Å². The number of ether oxygens (including phenoxy) is 1. The molecule has 7 heteroatoms. The molecule has 1 fully saturated rings. The highest BCUT2D eigenvalue weighted by atomic mass is 16.6. The van der Waals surface area contributed by atoms with Gasteiger partial charge in [-0.1, -0.05) is 13.8 Å². The van der Waals surface area contributed by atoms with Gasteiger partial charge in [-0.15, -0.1) is 0 Å². The van der Waals surface area contributed by atoms with E-state index in [9.17, 15) is 19.7 Å². The Kier molecular flexibility index (Phi) is 7.12. The predicted molar refractivity (Wildman–Crippen MR) is 96.8 cm³/mol. The molecule has 7 nitrogen and oxygen atoms in total. The molecule has 0 aromatic heterocycles. The van der Waals surface area contributed by atoms with Gasteiger partial charge in [0.25, 0.3) is 11.6 Å². The number of piperidine rings is 1. The minimum Gasteiger partial charge on any atom is -0.465 e. The molecule has 0 atom stereocenters. The summed E-state index contributed by atoms with van der Waals surface area (Å²) in [4.78, 5) is 36.4.